The minimum Gasteiger partial charge on any atom is -0.504 e. The minimum atomic E-state index is -0.442. The Bertz CT molecular complexity index is 1840. The number of aromatic nitrogens is 3. The maximum atomic E-state index is 13.8. The van der Waals surface area contributed by atoms with Crippen molar-refractivity contribution in [3.8, 4) is 28.4 Å². The van der Waals surface area contributed by atoms with Gasteiger partial charge in [0.2, 0.25) is 0 Å². The molecule has 0 unspecified atom stereocenters. The van der Waals surface area contributed by atoms with Crippen molar-refractivity contribution in [3.05, 3.63) is 104 Å². The molecule has 3 aromatic carbocycles. The predicted molar refractivity (Wildman–Crippen MR) is 144 cm³/mol. The van der Waals surface area contributed by atoms with Gasteiger partial charge in [0, 0.05) is 19.7 Å². The van der Waals surface area contributed by atoms with E-state index in [2.05, 4.69) is 9.88 Å². The maximum Gasteiger partial charge on any atom is 0.331 e. The monoisotopic (exact) mass is 494 g/mol. The van der Waals surface area contributed by atoms with Gasteiger partial charge >= 0.3 is 5.69 Å². The number of nitrogens with one attached hydrogen (secondary N) is 1. The summed E-state index contributed by atoms with van der Waals surface area (Å²) in [4.78, 5) is 27.0. The number of anilines is 1. The summed E-state index contributed by atoms with van der Waals surface area (Å²) in [6.45, 7) is 2.02. The molecule has 0 saturated carbocycles. The number of hydrogen-bond acceptors (Lipinski definition) is 5. The van der Waals surface area contributed by atoms with Crippen LogP contribution in [0.1, 0.15) is 22.9 Å². The van der Waals surface area contributed by atoms with Crippen LogP contribution in [0.15, 0.2) is 76.3 Å². The van der Waals surface area contributed by atoms with Crippen molar-refractivity contribution in [1.29, 1.82) is 0 Å². The Morgan fingerprint density at radius 2 is 1.68 bits per heavy atom. The van der Waals surface area contributed by atoms with Crippen LogP contribution in [0.4, 0.5) is 5.69 Å². The van der Waals surface area contributed by atoms with Gasteiger partial charge < -0.3 is 19.7 Å². The van der Waals surface area contributed by atoms with Crippen LogP contribution in [0, 0.1) is 6.92 Å². The van der Waals surface area contributed by atoms with Gasteiger partial charge in [-0.3, -0.25) is 13.9 Å². The molecule has 1 atom stereocenters. The van der Waals surface area contributed by atoms with E-state index >= 15 is 0 Å². The number of phenolic OH excluding ortho intramolecular Hbond substituents is 1. The summed E-state index contributed by atoms with van der Waals surface area (Å²) in [7, 11) is 4.71. The highest BCUT2D eigenvalue weighted by molar-refractivity contribution is 5.99. The van der Waals surface area contributed by atoms with Crippen molar-refractivity contribution in [2.45, 2.75) is 13.0 Å². The number of aryl methyl sites for hydroxylation is 2. The van der Waals surface area contributed by atoms with Crippen LogP contribution in [0.3, 0.4) is 0 Å². The lowest BCUT2D eigenvalue weighted by Gasteiger charge is -2.31. The predicted octanol–water partition coefficient (Wildman–Crippen LogP) is 4.23. The van der Waals surface area contributed by atoms with Crippen molar-refractivity contribution < 1.29 is 9.84 Å². The Morgan fingerprint density at radius 1 is 0.946 bits per heavy atom. The molecule has 1 aliphatic heterocycles. The first-order chi connectivity index (χ1) is 17.8. The molecule has 0 saturated heterocycles. The van der Waals surface area contributed by atoms with Crippen LogP contribution in [0.5, 0.6) is 11.5 Å². The van der Waals surface area contributed by atoms with Gasteiger partial charge in [-0.1, -0.05) is 42.5 Å². The van der Waals surface area contributed by atoms with Crippen LogP contribution in [-0.4, -0.2) is 25.9 Å². The van der Waals surface area contributed by atoms with Gasteiger partial charge in [-0.15, -0.1) is 0 Å². The number of fused-ring (bicyclic) bond motifs is 5. The number of rotatable bonds is 3. The number of phenols is 1. The average Bonchev–Trinajstić information content (AvgIpc) is 3.27. The fourth-order valence-electron chi connectivity index (χ4n) is 5.43. The van der Waals surface area contributed by atoms with Gasteiger partial charge in [0.05, 0.1) is 46.8 Å². The molecule has 2 N–H and O–H groups in total. The molecule has 5 aromatic rings. The van der Waals surface area contributed by atoms with Gasteiger partial charge in [-0.2, -0.15) is 0 Å². The van der Waals surface area contributed by atoms with Gasteiger partial charge in [0.15, 0.2) is 11.5 Å². The summed E-state index contributed by atoms with van der Waals surface area (Å²) in [5.41, 5.74) is 5.81. The third-order valence-electron chi connectivity index (χ3n) is 7.26. The molecule has 186 valence electrons. The summed E-state index contributed by atoms with van der Waals surface area (Å²) >= 11 is 0. The van der Waals surface area contributed by atoms with Crippen molar-refractivity contribution in [2.24, 2.45) is 14.1 Å². The summed E-state index contributed by atoms with van der Waals surface area (Å²) < 4.78 is 10.2. The van der Waals surface area contributed by atoms with Crippen LogP contribution in [0.25, 0.3) is 27.8 Å². The highest BCUT2D eigenvalue weighted by Gasteiger charge is 2.35. The van der Waals surface area contributed by atoms with Gasteiger partial charge in [0.25, 0.3) is 5.56 Å². The van der Waals surface area contributed by atoms with E-state index < -0.39 is 11.7 Å². The number of methoxy groups -OCH3 is 1. The molecule has 8 nitrogen and oxygen atoms in total. The molecule has 0 bridgehead atoms. The lowest BCUT2D eigenvalue weighted by Crippen LogP contribution is -2.37. The molecule has 0 fully saturated rings. The number of aromatic hydroxyl groups is 1. The number of hydrogen-bond donors (Lipinski definition) is 2. The molecule has 0 aliphatic carbocycles. The van der Waals surface area contributed by atoms with Gasteiger partial charge in [-0.05, 0) is 42.3 Å². The zero-order valence-electron chi connectivity index (χ0n) is 20.9. The summed E-state index contributed by atoms with van der Waals surface area (Å²) in [6.07, 6.45) is 0. The number of nitrogens with zero attached hydrogens (tertiary/aromatic N) is 3. The zero-order valence-corrected chi connectivity index (χ0v) is 20.9. The molecule has 3 heterocycles. The van der Waals surface area contributed by atoms with E-state index in [0.29, 0.717) is 16.7 Å². The van der Waals surface area contributed by atoms with Crippen LogP contribution >= 0.6 is 0 Å². The van der Waals surface area contributed by atoms with Crippen molar-refractivity contribution in [1.82, 2.24) is 13.7 Å². The van der Waals surface area contributed by atoms with Crippen LogP contribution in [-0.2, 0) is 14.1 Å². The minimum absolute atomic E-state index is 0.0320. The summed E-state index contributed by atoms with van der Waals surface area (Å²) in [6, 6.07) is 20.6. The molecule has 37 heavy (non-hydrogen) atoms. The highest BCUT2D eigenvalue weighted by Crippen LogP contribution is 2.46. The fraction of sp³-hybridized carbons (Fsp3) is 0.172. The Hall–Kier alpha value is -4.72. The lowest BCUT2D eigenvalue weighted by molar-refractivity contribution is 0.373. The van der Waals surface area contributed by atoms with Crippen LogP contribution < -0.4 is 21.3 Å². The Balaban J connectivity index is 1.85. The van der Waals surface area contributed by atoms with E-state index in [0.717, 1.165) is 44.0 Å². The first-order valence-electron chi connectivity index (χ1n) is 12.0. The molecule has 1 aliphatic rings. The number of ether oxygens (including phenoxy) is 1. The largest absolute Gasteiger partial charge is 0.504 e. The van der Waals surface area contributed by atoms with E-state index in [1.807, 2.05) is 61.5 Å². The van der Waals surface area contributed by atoms with E-state index in [1.54, 1.807) is 23.7 Å². The molecular weight excluding hydrogens is 468 g/mol. The first-order valence-corrected chi connectivity index (χ1v) is 12.0. The fourth-order valence-corrected chi connectivity index (χ4v) is 5.43. The molecule has 0 amide bonds. The second kappa shape index (κ2) is 8.16. The molecule has 0 radical (unpaired) electrons. The quantitative estimate of drug-likeness (QED) is 0.392. The van der Waals surface area contributed by atoms with Crippen molar-refractivity contribution in [3.63, 3.8) is 0 Å². The standard InChI is InChI=1S/C29H26N4O4/c1-16-9-5-6-10-18(16)25-23-26(31(2)29(36)32(3)28(23)35)27-24(17-13-14-21(34)22(15-17)37-4)30-19-11-7-8-12-20(19)33(25)27/h5-15,24,30,34H,1-4H3/t24-/m1/s1. The lowest BCUT2D eigenvalue weighted by atomic mass is 9.99. The molecule has 0 spiro atoms. The number of benzene rings is 3. The smallest absolute Gasteiger partial charge is 0.331 e. The highest BCUT2D eigenvalue weighted by atomic mass is 16.5. The van der Waals surface area contributed by atoms with Crippen molar-refractivity contribution in [2.75, 3.05) is 12.4 Å². The van der Waals surface area contributed by atoms with Gasteiger partial charge in [-0.25, -0.2) is 4.79 Å². The van der Waals surface area contributed by atoms with Crippen molar-refractivity contribution >= 4 is 16.6 Å². The maximum absolute atomic E-state index is 13.8. The SMILES string of the molecule is COc1cc([C@H]2Nc3ccccc3-n3c(-c4ccccc4C)c4c(=O)n(C)c(=O)n(C)c4c32)ccc1O. The Labute approximate surface area is 212 Å². The second-order valence-electron chi connectivity index (χ2n) is 9.34. The molecular formula is C29H26N4O4. The third-order valence-corrected chi connectivity index (χ3v) is 7.26. The second-order valence-corrected chi connectivity index (χ2v) is 9.34. The summed E-state index contributed by atoms with van der Waals surface area (Å²) in [5, 5.41) is 14.3. The number of para-hydroxylation sites is 2. The molecule has 6 rings (SSSR count). The zero-order chi connectivity index (χ0) is 26.0. The van der Waals surface area contributed by atoms with E-state index in [-0.39, 0.29) is 11.3 Å². The third kappa shape index (κ3) is 3.15. The van der Waals surface area contributed by atoms with E-state index in [9.17, 15) is 14.7 Å². The Kier molecular flexibility index (Phi) is 5.01. The summed E-state index contributed by atoms with van der Waals surface area (Å²) in [5.74, 6) is 0.370. The first kappa shape index (κ1) is 22.7. The average molecular weight is 495 g/mol. The van der Waals surface area contributed by atoms with Crippen LogP contribution in [0.2, 0.25) is 0 Å². The van der Waals surface area contributed by atoms with E-state index in [1.165, 1.54) is 14.2 Å². The topological polar surface area (TPSA) is 90.4 Å². The molecule has 8 heteroatoms. The normalized spacial score (nSPS) is 14.2. The Morgan fingerprint density at radius 3 is 2.43 bits per heavy atom. The van der Waals surface area contributed by atoms with Gasteiger partial charge in [0.1, 0.15) is 0 Å². The molecule has 2 aromatic heterocycles. The van der Waals surface area contributed by atoms with E-state index in [4.69, 9.17) is 4.74 Å².